The quantitative estimate of drug-likeness (QED) is 0.0320. The van der Waals surface area contributed by atoms with Gasteiger partial charge in [0.15, 0.2) is 7.85 Å². The maximum atomic E-state index is 12.5. The molecule has 0 aromatic carbocycles. The number of aldehydes is 1. The number of carbonyl (C=O) groups is 6. The van der Waals surface area contributed by atoms with Crippen molar-refractivity contribution in [2.75, 3.05) is 145 Å². The number of aliphatic hydroxyl groups is 1. The van der Waals surface area contributed by atoms with Crippen LogP contribution in [-0.2, 0) is 57.2 Å². The minimum Gasteiger partial charge on any atom is -0.480 e. The number of aliphatic hydroxyl groups excluding tert-OH is 1. The first-order valence-electron chi connectivity index (χ1n) is 21.6. The van der Waals surface area contributed by atoms with Crippen LogP contribution in [0.25, 0.3) is 0 Å². The Morgan fingerprint density at radius 1 is 0.613 bits per heavy atom. The summed E-state index contributed by atoms with van der Waals surface area (Å²) in [7, 11) is 6.02. The highest BCUT2D eigenvalue weighted by Gasteiger charge is 2.26. The van der Waals surface area contributed by atoms with E-state index in [4.69, 9.17) is 41.4 Å². The van der Waals surface area contributed by atoms with E-state index in [1.165, 1.54) is 0 Å². The zero-order valence-electron chi connectivity index (χ0n) is 38.1. The fraction of sp³-hybridized carbons (Fsp3) is 0.854. The monoisotopic (exact) mass is 895 g/mol. The maximum Gasteiger partial charge on any atom is 0.320 e. The van der Waals surface area contributed by atoms with Crippen LogP contribution in [0.5, 0.6) is 0 Å². The van der Waals surface area contributed by atoms with Crippen molar-refractivity contribution in [2.24, 2.45) is 5.92 Å². The zero-order chi connectivity index (χ0) is 47.2. The SMILES string of the molecule is CCC=O.CO.[B]C(=O)CCOCCOCCOCCOCCOCCOCCNC(=O)CCC(C(=O)O)N(CCC)CCN(CCN(CCC(C)CC)CC(=O)O)CC(=O)O. The van der Waals surface area contributed by atoms with Crippen LogP contribution in [0.2, 0.25) is 0 Å². The normalized spacial score (nSPS) is 12.0. The second-order valence-electron chi connectivity index (χ2n) is 13.9. The summed E-state index contributed by atoms with van der Waals surface area (Å²) >= 11 is 0. The second kappa shape index (κ2) is 47.4. The Morgan fingerprint density at radius 2 is 1.03 bits per heavy atom. The Kier molecular flexibility index (Phi) is 48.3. The number of amides is 1. The van der Waals surface area contributed by atoms with Gasteiger partial charge in [0.25, 0.3) is 0 Å². The van der Waals surface area contributed by atoms with E-state index in [9.17, 15) is 44.1 Å². The highest BCUT2D eigenvalue weighted by molar-refractivity contribution is 6.57. The summed E-state index contributed by atoms with van der Waals surface area (Å²) in [6.45, 7) is 14.6. The molecule has 0 aliphatic carbocycles. The second-order valence-corrected chi connectivity index (χ2v) is 13.9. The molecule has 0 heterocycles. The lowest BCUT2D eigenvalue weighted by molar-refractivity contribution is -0.144. The minimum atomic E-state index is -1.06. The van der Waals surface area contributed by atoms with Gasteiger partial charge in [0, 0.05) is 59.1 Å². The molecule has 5 N–H and O–H groups in total. The molecule has 2 atom stereocenters. The number of hydrogen-bond acceptors (Lipinski definition) is 16. The Hall–Kier alpha value is -3.12. The van der Waals surface area contributed by atoms with Crippen LogP contribution >= 0.6 is 0 Å². The van der Waals surface area contributed by atoms with Crippen LogP contribution in [-0.4, -0.2) is 230 Å². The van der Waals surface area contributed by atoms with Gasteiger partial charge in [-0.1, -0.05) is 34.1 Å². The van der Waals surface area contributed by atoms with Crippen LogP contribution in [0, 0.1) is 5.92 Å². The molecule has 0 saturated heterocycles. The van der Waals surface area contributed by atoms with E-state index >= 15 is 0 Å². The summed E-state index contributed by atoms with van der Waals surface area (Å²) in [5.74, 6) is -2.89. The maximum absolute atomic E-state index is 12.5. The molecule has 62 heavy (non-hydrogen) atoms. The Labute approximate surface area is 370 Å². The third-order valence-electron chi connectivity index (χ3n) is 8.76. The molecule has 0 spiro atoms. The van der Waals surface area contributed by atoms with Gasteiger partial charge in [-0.25, -0.2) is 0 Å². The summed E-state index contributed by atoms with van der Waals surface area (Å²) in [6.07, 6.45) is 4.26. The summed E-state index contributed by atoms with van der Waals surface area (Å²) in [4.78, 5) is 72.9. The summed E-state index contributed by atoms with van der Waals surface area (Å²) in [5, 5.41) is 38.7. The summed E-state index contributed by atoms with van der Waals surface area (Å²) in [5.41, 5.74) is -0.400. The number of aliphatic carboxylic acids is 3. The van der Waals surface area contributed by atoms with Crippen molar-refractivity contribution >= 4 is 43.6 Å². The molecular formula is C41H79BN4O16. The summed E-state index contributed by atoms with van der Waals surface area (Å²) in [6, 6.07) is -0.935. The van der Waals surface area contributed by atoms with Gasteiger partial charge >= 0.3 is 17.9 Å². The van der Waals surface area contributed by atoms with Crippen molar-refractivity contribution in [1.29, 1.82) is 0 Å². The smallest absolute Gasteiger partial charge is 0.320 e. The first-order valence-corrected chi connectivity index (χ1v) is 21.6. The van der Waals surface area contributed by atoms with E-state index in [2.05, 4.69) is 19.2 Å². The molecule has 0 aromatic heterocycles. The van der Waals surface area contributed by atoms with Crippen LogP contribution in [0.15, 0.2) is 0 Å². The number of nitrogens with zero attached hydrogens (tertiary/aromatic N) is 3. The van der Waals surface area contributed by atoms with Gasteiger partial charge in [-0.15, -0.1) is 0 Å². The number of rotatable bonds is 43. The third-order valence-corrected chi connectivity index (χ3v) is 8.76. The van der Waals surface area contributed by atoms with Gasteiger partial charge in [0.2, 0.25) is 5.91 Å². The van der Waals surface area contributed by atoms with Crippen molar-refractivity contribution in [3.05, 3.63) is 0 Å². The van der Waals surface area contributed by atoms with E-state index in [0.717, 1.165) is 26.2 Å². The van der Waals surface area contributed by atoms with E-state index in [0.29, 0.717) is 111 Å². The first-order chi connectivity index (χ1) is 29.8. The van der Waals surface area contributed by atoms with Gasteiger partial charge < -0.3 is 63.8 Å². The van der Waals surface area contributed by atoms with Crippen LogP contribution in [0.3, 0.4) is 0 Å². The van der Waals surface area contributed by atoms with Crippen molar-refractivity contribution in [2.45, 2.75) is 78.7 Å². The molecule has 2 unspecified atom stereocenters. The lowest BCUT2D eigenvalue weighted by Gasteiger charge is -2.32. The van der Waals surface area contributed by atoms with E-state index in [1.807, 2.05) is 13.8 Å². The van der Waals surface area contributed by atoms with Crippen molar-refractivity contribution < 1.29 is 77.6 Å². The summed E-state index contributed by atoms with van der Waals surface area (Å²) < 4.78 is 32.3. The lowest BCUT2D eigenvalue weighted by Crippen LogP contribution is -2.48. The van der Waals surface area contributed by atoms with Gasteiger partial charge in [0.1, 0.15) is 12.3 Å². The Bertz CT molecular complexity index is 1110. The van der Waals surface area contributed by atoms with Gasteiger partial charge in [0.05, 0.1) is 98.1 Å². The number of ether oxygens (including phenoxy) is 6. The third kappa shape index (κ3) is 44.9. The van der Waals surface area contributed by atoms with Crippen molar-refractivity contribution in [3.63, 3.8) is 0 Å². The molecule has 0 aliphatic heterocycles. The molecule has 0 rings (SSSR count). The Morgan fingerprint density at radius 3 is 1.42 bits per heavy atom. The number of carboxylic acids is 3. The van der Waals surface area contributed by atoms with Crippen LogP contribution in [0.1, 0.15) is 72.6 Å². The van der Waals surface area contributed by atoms with E-state index < -0.39 is 29.6 Å². The average molecular weight is 895 g/mol. The molecule has 0 fully saturated rings. The topological polar surface area (TPSA) is 260 Å². The minimum absolute atomic E-state index is 0.00544. The molecule has 362 valence electrons. The van der Waals surface area contributed by atoms with Crippen molar-refractivity contribution in [1.82, 2.24) is 20.0 Å². The van der Waals surface area contributed by atoms with Crippen LogP contribution in [0.4, 0.5) is 0 Å². The molecule has 0 aromatic rings. The van der Waals surface area contributed by atoms with Gasteiger partial charge in [-0.2, -0.15) is 0 Å². The molecule has 2 radical (unpaired) electrons. The number of nitrogens with one attached hydrogen (secondary N) is 1. The zero-order valence-corrected chi connectivity index (χ0v) is 38.1. The molecule has 21 heteroatoms. The average Bonchev–Trinajstić information content (AvgIpc) is 3.24. The predicted molar refractivity (Wildman–Crippen MR) is 233 cm³/mol. The highest BCUT2D eigenvalue weighted by atomic mass is 16.6. The predicted octanol–water partition coefficient (Wildman–Crippen LogP) is 0.646. The molecular weight excluding hydrogens is 815 g/mol. The van der Waals surface area contributed by atoms with E-state index in [-0.39, 0.29) is 71.1 Å². The van der Waals surface area contributed by atoms with Gasteiger partial charge in [-0.05, 0) is 38.3 Å². The van der Waals surface area contributed by atoms with Crippen molar-refractivity contribution in [3.8, 4) is 0 Å². The molecule has 20 nitrogen and oxygen atoms in total. The molecule has 0 aliphatic rings. The van der Waals surface area contributed by atoms with Gasteiger partial charge in [-0.3, -0.25) is 33.9 Å². The number of carbonyl (C=O) groups excluding carboxylic acids is 3. The first kappa shape index (κ1) is 63.2. The standard InChI is InChI=1S/C37H69BN4O14.C3H6O.CH4O/c1-4-11-42(16-15-41(30-36(47)48)14-13-40(29-35(45)46)12-8-31(3)5-2)32(37(49)50)6-7-34(44)39-10-18-52-20-22-54-24-26-56-28-27-55-25-23-53-21-19-51-17-9-33(38)43;1-2-3-4;1-2/h31-32H,4-30H2,1-3H3,(H,39,44)(H,45,46)(H,47,48)(H,49,50);3H,2H2,1H3;2H,1H3. The molecule has 0 bridgehead atoms. The largest absolute Gasteiger partial charge is 0.480 e. The molecule has 0 saturated carbocycles. The number of hydrogen-bond donors (Lipinski definition) is 5. The molecule has 1 amide bonds. The van der Waals surface area contributed by atoms with Crippen LogP contribution < -0.4 is 5.32 Å². The lowest BCUT2D eigenvalue weighted by atomic mass is 10.0. The highest BCUT2D eigenvalue weighted by Crippen LogP contribution is 2.11. The Balaban J connectivity index is -0.00000545. The fourth-order valence-electron chi connectivity index (χ4n) is 5.25. The van der Waals surface area contributed by atoms with E-state index in [1.54, 1.807) is 14.7 Å². The number of carboxylic acid groups (broad SMARTS) is 3. The fourth-order valence-corrected chi connectivity index (χ4v) is 5.25.